The molecule has 2 aromatic carbocycles. The van der Waals surface area contributed by atoms with Crippen LogP contribution < -0.4 is 5.32 Å². The van der Waals surface area contributed by atoms with Crippen LogP contribution in [0.5, 0.6) is 0 Å². The van der Waals surface area contributed by atoms with Crippen molar-refractivity contribution in [1.29, 1.82) is 0 Å². The van der Waals surface area contributed by atoms with Crippen LogP contribution in [-0.2, 0) is 6.61 Å². The van der Waals surface area contributed by atoms with E-state index in [-0.39, 0.29) is 24.0 Å². The Balaban J connectivity index is 1.86. The molecule has 2 N–H and O–H groups in total. The monoisotopic (exact) mass is 339 g/mol. The maximum atomic E-state index is 13.1. The van der Waals surface area contributed by atoms with Crippen LogP contribution in [0.4, 0.5) is 10.1 Å². The maximum absolute atomic E-state index is 13.1. The number of halogens is 1. The first kappa shape index (κ1) is 16.9. The lowest BCUT2D eigenvalue weighted by Gasteiger charge is -2.08. The molecule has 0 saturated carbocycles. The topological polar surface area (TPSA) is 67.2 Å². The van der Waals surface area contributed by atoms with Crippen molar-refractivity contribution in [3.05, 3.63) is 76.9 Å². The molecule has 0 spiro atoms. The summed E-state index contributed by atoms with van der Waals surface area (Å²) in [6.45, 7) is 3.60. The number of aliphatic hydroxyl groups excluding tert-OH is 1. The lowest BCUT2D eigenvalue weighted by molar-refractivity contribution is 0.102. The van der Waals surface area contributed by atoms with Crippen LogP contribution in [-0.4, -0.2) is 20.8 Å². The standard InChI is InChI=1S/C19H18FN3O2/c1-12-3-4-14(11-24)10-17(12)21-19(25)18-9-13(2)23(22-18)16-7-5-15(20)6-8-16/h3-10,24H,11H2,1-2H3,(H,21,25). The molecule has 5 nitrogen and oxygen atoms in total. The molecule has 0 aliphatic heterocycles. The van der Waals surface area contributed by atoms with E-state index in [4.69, 9.17) is 0 Å². The van der Waals surface area contributed by atoms with Gasteiger partial charge in [-0.2, -0.15) is 5.10 Å². The van der Waals surface area contributed by atoms with Gasteiger partial charge in [0.25, 0.3) is 5.91 Å². The molecule has 25 heavy (non-hydrogen) atoms. The summed E-state index contributed by atoms with van der Waals surface area (Å²) in [4.78, 5) is 12.5. The van der Waals surface area contributed by atoms with Crippen molar-refractivity contribution in [2.75, 3.05) is 5.32 Å². The summed E-state index contributed by atoms with van der Waals surface area (Å²) < 4.78 is 14.7. The fraction of sp³-hybridized carbons (Fsp3) is 0.158. The lowest BCUT2D eigenvalue weighted by Crippen LogP contribution is -2.14. The van der Waals surface area contributed by atoms with Crippen LogP contribution in [0.15, 0.2) is 48.5 Å². The highest BCUT2D eigenvalue weighted by atomic mass is 19.1. The Hall–Kier alpha value is -2.99. The maximum Gasteiger partial charge on any atom is 0.276 e. The summed E-state index contributed by atoms with van der Waals surface area (Å²) in [6, 6.07) is 12.9. The van der Waals surface area contributed by atoms with Crippen molar-refractivity contribution < 1.29 is 14.3 Å². The van der Waals surface area contributed by atoms with Gasteiger partial charge in [-0.25, -0.2) is 9.07 Å². The van der Waals surface area contributed by atoms with E-state index in [0.29, 0.717) is 16.9 Å². The van der Waals surface area contributed by atoms with Crippen molar-refractivity contribution in [3.63, 3.8) is 0 Å². The van der Waals surface area contributed by atoms with E-state index in [1.165, 1.54) is 12.1 Å². The van der Waals surface area contributed by atoms with Gasteiger partial charge in [0.2, 0.25) is 0 Å². The Morgan fingerprint density at radius 2 is 1.88 bits per heavy atom. The summed E-state index contributed by atoms with van der Waals surface area (Å²) in [5.74, 6) is -0.673. The summed E-state index contributed by atoms with van der Waals surface area (Å²) in [6.07, 6.45) is 0. The molecule has 1 heterocycles. The number of nitrogens with one attached hydrogen (secondary N) is 1. The Morgan fingerprint density at radius 1 is 1.16 bits per heavy atom. The molecule has 6 heteroatoms. The van der Waals surface area contributed by atoms with Gasteiger partial charge in [-0.15, -0.1) is 0 Å². The number of anilines is 1. The predicted molar refractivity (Wildman–Crippen MR) is 93.3 cm³/mol. The van der Waals surface area contributed by atoms with E-state index in [9.17, 15) is 14.3 Å². The number of aryl methyl sites for hydroxylation is 2. The molecule has 0 fully saturated rings. The Bertz CT molecular complexity index is 917. The molecule has 3 rings (SSSR count). The van der Waals surface area contributed by atoms with E-state index in [1.807, 2.05) is 19.9 Å². The van der Waals surface area contributed by atoms with Crippen LogP contribution in [0.1, 0.15) is 27.3 Å². The quantitative estimate of drug-likeness (QED) is 0.766. The third-order valence-corrected chi connectivity index (χ3v) is 3.92. The highest BCUT2D eigenvalue weighted by Crippen LogP contribution is 2.19. The van der Waals surface area contributed by atoms with E-state index in [2.05, 4.69) is 10.4 Å². The minimum absolute atomic E-state index is 0.0958. The summed E-state index contributed by atoms with van der Waals surface area (Å²) >= 11 is 0. The summed E-state index contributed by atoms with van der Waals surface area (Å²) in [5, 5.41) is 16.4. The van der Waals surface area contributed by atoms with Gasteiger partial charge in [0.15, 0.2) is 5.69 Å². The number of nitrogens with zero attached hydrogens (tertiary/aromatic N) is 2. The number of benzene rings is 2. The Kier molecular flexibility index (Phi) is 4.63. The van der Waals surface area contributed by atoms with Crippen LogP contribution in [0.25, 0.3) is 5.69 Å². The van der Waals surface area contributed by atoms with Gasteiger partial charge in [-0.05, 0) is 61.4 Å². The first-order valence-electron chi connectivity index (χ1n) is 7.82. The SMILES string of the molecule is Cc1ccc(CO)cc1NC(=O)c1cc(C)n(-c2ccc(F)cc2)n1. The second kappa shape index (κ2) is 6.86. The number of hydrogen-bond acceptors (Lipinski definition) is 3. The predicted octanol–water partition coefficient (Wildman–Crippen LogP) is 3.37. The highest BCUT2D eigenvalue weighted by Gasteiger charge is 2.14. The number of carbonyl (C=O) groups is 1. The minimum atomic E-state index is -0.345. The molecule has 0 unspecified atom stereocenters. The first-order chi connectivity index (χ1) is 12.0. The van der Waals surface area contributed by atoms with Crippen molar-refractivity contribution >= 4 is 11.6 Å². The van der Waals surface area contributed by atoms with Crippen molar-refractivity contribution in [2.24, 2.45) is 0 Å². The van der Waals surface area contributed by atoms with E-state index >= 15 is 0 Å². The first-order valence-corrected chi connectivity index (χ1v) is 7.82. The molecule has 0 bridgehead atoms. The lowest BCUT2D eigenvalue weighted by atomic mass is 10.1. The molecule has 3 aromatic rings. The number of hydrogen-bond donors (Lipinski definition) is 2. The largest absolute Gasteiger partial charge is 0.392 e. The van der Waals surface area contributed by atoms with Gasteiger partial charge in [-0.3, -0.25) is 4.79 Å². The van der Waals surface area contributed by atoms with Gasteiger partial charge in [0.1, 0.15) is 5.82 Å². The normalized spacial score (nSPS) is 10.7. The van der Waals surface area contributed by atoms with Crippen LogP contribution in [0.2, 0.25) is 0 Å². The molecular formula is C19H18FN3O2. The molecular weight excluding hydrogens is 321 g/mol. The number of aromatic nitrogens is 2. The summed E-state index contributed by atoms with van der Waals surface area (Å²) in [7, 11) is 0. The Labute approximate surface area is 144 Å². The van der Waals surface area contributed by atoms with Gasteiger partial charge in [0, 0.05) is 11.4 Å². The smallest absolute Gasteiger partial charge is 0.276 e. The second-order valence-electron chi connectivity index (χ2n) is 5.82. The van der Waals surface area contributed by atoms with Crippen molar-refractivity contribution in [2.45, 2.75) is 20.5 Å². The fourth-order valence-corrected chi connectivity index (χ4v) is 2.52. The molecule has 0 aliphatic carbocycles. The van der Waals surface area contributed by atoms with E-state index in [0.717, 1.165) is 11.3 Å². The number of carbonyl (C=O) groups excluding carboxylic acids is 1. The Morgan fingerprint density at radius 3 is 2.56 bits per heavy atom. The zero-order valence-corrected chi connectivity index (χ0v) is 14.0. The molecule has 1 amide bonds. The van der Waals surface area contributed by atoms with Gasteiger partial charge >= 0.3 is 0 Å². The van der Waals surface area contributed by atoms with Crippen molar-refractivity contribution in [1.82, 2.24) is 9.78 Å². The number of aliphatic hydroxyl groups is 1. The average Bonchev–Trinajstić information content (AvgIpc) is 2.99. The van der Waals surface area contributed by atoms with Crippen molar-refractivity contribution in [3.8, 4) is 5.69 Å². The van der Waals surface area contributed by atoms with Gasteiger partial charge in [-0.1, -0.05) is 12.1 Å². The highest BCUT2D eigenvalue weighted by molar-refractivity contribution is 6.03. The fourth-order valence-electron chi connectivity index (χ4n) is 2.52. The van der Waals surface area contributed by atoms with Crippen LogP contribution in [0.3, 0.4) is 0 Å². The zero-order valence-electron chi connectivity index (χ0n) is 14.0. The van der Waals surface area contributed by atoms with Crippen LogP contribution >= 0.6 is 0 Å². The van der Waals surface area contributed by atoms with E-state index in [1.54, 1.807) is 35.0 Å². The molecule has 0 radical (unpaired) electrons. The third kappa shape index (κ3) is 3.59. The second-order valence-corrected chi connectivity index (χ2v) is 5.82. The molecule has 0 atom stereocenters. The number of amides is 1. The number of rotatable bonds is 4. The third-order valence-electron chi connectivity index (χ3n) is 3.92. The molecule has 0 aliphatic rings. The van der Waals surface area contributed by atoms with Gasteiger partial charge < -0.3 is 10.4 Å². The molecule has 0 saturated heterocycles. The molecule has 128 valence electrons. The zero-order chi connectivity index (χ0) is 18.0. The minimum Gasteiger partial charge on any atom is -0.392 e. The molecule has 1 aromatic heterocycles. The van der Waals surface area contributed by atoms with Gasteiger partial charge in [0.05, 0.1) is 12.3 Å². The van der Waals surface area contributed by atoms with E-state index < -0.39 is 0 Å². The van der Waals surface area contributed by atoms with Crippen LogP contribution in [0, 0.1) is 19.7 Å². The average molecular weight is 339 g/mol. The summed E-state index contributed by atoms with van der Waals surface area (Å²) in [5.41, 5.74) is 3.93.